The van der Waals surface area contributed by atoms with E-state index in [4.69, 9.17) is 0 Å². The van der Waals surface area contributed by atoms with Gasteiger partial charge in [0.1, 0.15) is 11.5 Å². The predicted octanol–water partition coefficient (Wildman–Crippen LogP) is 4.03. The average Bonchev–Trinajstić information content (AvgIpc) is 2.68. The molecule has 6 heteroatoms. The molecular formula is C21H29N5O. The number of amides is 1. The van der Waals surface area contributed by atoms with E-state index in [0.29, 0.717) is 17.4 Å². The van der Waals surface area contributed by atoms with Crippen LogP contribution in [0.25, 0.3) is 0 Å². The molecule has 2 N–H and O–H groups in total. The van der Waals surface area contributed by atoms with Gasteiger partial charge in [-0.25, -0.2) is 9.97 Å². The van der Waals surface area contributed by atoms with E-state index in [1.165, 1.54) is 24.7 Å². The van der Waals surface area contributed by atoms with E-state index in [0.717, 1.165) is 31.2 Å². The first-order chi connectivity index (χ1) is 13.0. The Morgan fingerprint density at radius 1 is 1.15 bits per heavy atom. The van der Waals surface area contributed by atoms with Crippen LogP contribution in [-0.4, -0.2) is 35.5 Å². The maximum Gasteiger partial charge on any atom is 0.275 e. The molecule has 6 nitrogen and oxygen atoms in total. The normalized spacial score (nSPS) is 15.0. The molecule has 0 spiro atoms. The van der Waals surface area contributed by atoms with Crippen LogP contribution in [-0.2, 0) is 0 Å². The van der Waals surface area contributed by atoms with Gasteiger partial charge in [-0.15, -0.1) is 0 Å². The maximum absolute atomic E-state index is 12.4. The van der Waals surface area contributed by atoms with Gasteiger partial charge in [0.25, 0.3) is 5.91 Å². The minimum atomic E-state index is -0.252. The van der Waals surface area contributed by atoms with Gasteiger partial charge >= 0.3 is 0 Å². The van der Waals surface area contributed by atoms with Gasteiger partial charge in [0.15, 0.2) is 0 Å². The number of nitrogens with one attached hydrogen (secondary N) is 2. The molecule has 0 bridgehead atoms. The van der Waals surface area contributed by atoms with Crippen LogP contribution in [0.3, 0.4) is 0 Å². The summed E-state index contributed by atoms with van der Waals surface area (Å²) in [7, 11) is 0. The summed E-state index contributed by atoms with van der Waals surface area (Å²) < 4.78 is 0. The van der Waals surface area contributed by atoms with Crippen LogP contribution in [0.2, 0.25) is 0 Å². The molecule has 1 aromatic heterocycles. The van der Waals surface area contributed by atoms with Crippen LogP contribution >= 0.6 is 0 Å². The van der Waals surface area contributed by atoms with E-state index in [2.05, 4.69) is 58.4 Å². The number of nitrogens with zero attached hydrogens (tertiary/aromatic N) is 3. The highest BCUT2D eigenvalue weighted by Gasteiger charge is 2.16. The SMILES string of the molecule is CC(C)CNc1cnc(C(=O)Nc2ccc(N3CCC(C)CC3)cc2)cn1. The Balaban J connectivity index is 1.56. The van der Waals surface area contributed by atoms with Crippen molar-refractivity contribution in [1.29, 1.82) is 0 Å². The van der Waals surface area contributed by atoms with Crippen molar-refractivity contribution >= 4 is 23.1 Å². The zero-order valence-electron chi connectivity index (χ0n) is 16.4. The largest absolute Gasteiger partial charge is 0.372 e. The fourth-order valence-corrected chi connectivity index (χ4v) is 3.06. The third-order valence-electron chi connectivity index (χ3n) is 4.85. The minimum absolute atomic E-state index is 0.252. The van der Waals surface area contributed by atoms with E-state index in [1.807, 2.05) is 12.1 Å². The number of hydrogen-bond acceptors (Lipinski definition) is 5. The van der Waals surface area contributed by atoms with Gasteiger partial charge < -0.3 is 15.5 Å². The Morgan fingerprint density at radius 3 is 2.44 bits per heavy atom. The van der Waals surface area contributed by atoms with Gasteiger partial charge in [0, 0.05) is 31.0 Å². The zero-order valence-corrected chi connectivity index (χ0v) is 16.4. The molecule has 1 saturated heterocycles. The van der Waals surface area contributed by atoms with E-state index in [1.54, 1.807) is 6.20 Å². The lowest BCUT2D eigenvalue weighted by Gasteiger charge is -2.32. The third kappa shape index (κ3) is 5.42. The lowest BCUT2D eigenvalue weighted by atomic mass is 9.99. The van der Waals surface area contributed by atoms with E-state index < -0.39 is 0 Å². The molecular weight excluding hydrogens is 338 g/mol. The number of piperidine rings is 1. The second-order valence-corrected chi connectivity index (χ2v) is 7.73. The number of carbonyl (C=O) groups excluding carboxylic acids is 1. The second kappa shape index (κ2) is 8.84. The quantitative estimate of drug-likeness (QED) is 0.806. The molecule has 0 aliphatic carbocycles. The number of hydrogen-bond donors (Lipinski definition) is 2. The summed E-state index contributed by atoms with van der Waals surface area (Å²) in [6, 6.07) is 8.01. The minimum Gasteiger partial charge on any atom is -0.372 e. The summed E-state index contributed by atoms with van der Waals surface area (Å²) in [6.07, 6.45) is 5.57. The van der Waals surface area contributed by atoms with Crippen molar-refractivity contribution in [2.45, 2.75) is 33.6 Å². The van der Waals surface area contributed by atoms with Crippen molar-refractivity contribution in [1.82, 2.24) is 9.97 Å². The van der Waals surface area contributed by atoms with Crippen molar-refractivity contribution in [3.63, 3.8) is 0 Å². The van der Waals surface area contributed by atoms with Crippen LogP contribution in [0, 0.1) is 11.8 Å². The number of aromatic nitrogens is 2. The number of rotatable bonds is 6. The molecule has 1 amide bonds. The predicted molar refractivity (Wildman–Crippen MR) is 110 cm³/mol. The average molecular weight is 367 g/mol. The Morgan fingerprint density at radius 2 is 1.85 bits per heavy atom. The van der Waals surface area contributed by atoms with Crippen molar-refractivity contribution < 1.29 is 4.79 Å². The summed E-state index contributed by atoms with van der Waals surface area (Å²) in [6.45, 7) is 9.58. The Kier molecular flexibility index (Phi) is 6.27. The first kappa shape index (κ1) is 19.1. The van der Waals surface area contributed by atoms with Gasteiger partial charge in [-0.05, 0) is 48.9 Å². The molecule has 2 heterocycles. The van der Waals surface area contributed by atoms with Gasteiger partial charge in [-0.3, -0.25) is 4.79 Å². The lowest BCUT2D eigenvalue weighted by Crippen LogP contribution is -2.32. The first-order valence-electron chi connectivity index (χ1n) is 9.73. The first-order valence-corrected chi connectivity index (χ1v) is 9.73. The monoisotopic (exact) mass is 367 g/mol. The highest BCUT2D eigenvalue weighted by molar-refractivity contribution is 6.02. The standard InChI is InChI=1S/C21H29N5O/c1-15(2)12-23-20-14-22-19(13-24-20)21(27)25-17-4-6-18(7-5-17)26-10-8-16(3)9-11-26/h4-7,13-16H,8-12H2,1-3H3,(H,23,24)(H,25,27). The Labute approximate surface area is 161 Å². The van der Waals surface area contributed by atoms with Gasteiger partial charge in [-0.2, -0.15) is 0 Å². The highest BCUT2D eigenvalue weighted by atomic mass is 16.1. The van der Waals surface area contributed by atoms with E-state index in [9.17, 15) is 4.79 Å². The number of anilines is 3. The fourth-order valence-electron chi connectivity index (χ4n) is 3.06. The second-order valence-electron chi connectivity index (χ2n) is 7.73. The molecule has 144 valence electrons. The molecule has 1 aliphatic rings. The van der Waals surface area contributed by atoms with Crippen LogP contribution in [0.1, 0.15) is 44.1 Å². The zero-order chi connectivity index (χ0) is 19.2. The Hall–Kier alpha value is -2.63. The van der Waals surface area contributed by atoms with Gasteiger partial charge in [0.05, 0.1) is 12.4 Å². The highest BCUT2D eigenvalue weighted by Crippen LogP contribution is 2.24. The number of benzene rings is 1. The summed E-state index contributed by atoms with van der Waals surface area (Å²) in [5, 5.41) is 6.07. The number of carbonyl (C=O) groups is 1. The van der Waals surface area contributed by atoms with Crippen LogP contribution < -0.4 is 15.5 Å². The molecule has 1 aromatic carbocycles. The fraction of sp³-hybridized carbons (Fsp3) is 0.476. The van der Waals surface area contributed by atoms with E-state index in [-0.39, 0.29) is 5.91 Å². The van der Waals surface area contributed by atoms with Crippen LogP contribution in [0.15, 0.2) is 36.7 Å². The lowest BCUT2D eigenvalue weighted by molar-refractivity contribution is 0.102. The van der Waals surface area contributed by atoms with Crippen molar-refractivity contribution in [3.05, 3.63) is 42.4 Å². The molecule has 1 fully saturated rings. The molecule has 3 rings (SSSR count). The van der Waals surface area contributed by atoms with Crippen molar-refractivity contribution in [3.8, 4) is 0 Å². The van der Waals surface area contributed by atoms with Crippen LogP contribution in [0.4, 0.5) is 17.2 Å². The summed E-state index contributed by atoms with van der Waals surface area (Å²) in [4.78, 5) is 23.2. The van der Waals surface area contributed by atoms with Crippen molar-refractivity contribution in [2.75, 3.05) is 35.2 Å². The third-order valence-corrected chi connectivity index (χ3v) is 4.85. The summed E-state index contributed by atoms with van der Waals surface area (Å²) in [5.41, 5.74) is 2.28. The summed E-state index contributed by atoms with van der Waals surface area (Å²) in [5.74, 6) is 1.76. The summed E-state index contributed by atoms with van der Waals surface area (Å²) >= 11 is 0. The van der Waals surface area contributed by atoms with Crippen LogP contribution in [0.5, 0.6) is 0 Å². The smallest absolute Gasteiger partial charge is 0.275 e. The van der Waals surface area contributed by atoms with Gasteiger partial charge in [0.2, 0.25) is 0 Å². The van der Waals surface area contributed by atoms with E-state index >= 15 is 0 Å². The molecule has 27 heavy (non-hydrogen) atoms. The molecule has 0 atom stereocenters. The molecule has 0 saturated carbocycles. The Bertz CT molecular complexity index is 734. The molecule has 0 radical (unpaired) electrons. The molecule has 1 aliphatic heterocycles. The molecule has 2 aromatic rings. The van der Waals surface area contributed by atoms with Gasteiger partial charge in [-0.1, -0.05) is 20.8 Å². The molecule has 0 unspecified atom stereocenters. The topological polar surface area (TPSA) is 70.2 Å². The van der Waals surface area contributed by atoms with Crippen molar-refractivity contribution in [2.24, 2.45) is 11.8 Å². The maximum atomic E-state index is 12.4.